The fourth-order valence-corrected chi connectivity index (χ4v) is 3.60. The molecular formula is C20H24N8O. The summed E-state index contributed by atoms with van der Waals surface area (Å²) < 4.78 is 3.30. The van der Waals surface area contributed by atoms with E-state index in [4.69, 9.17) is 4.98 Å². The molecule has 0 bridgehead atoms. The van der Waals surface area contributed by atoms with E-state index in [1.807, 2.05) is 24.5 Å². The third-order valence-electron chi connectivity index (χ3n) is 4.86. The largest absolute Gasteiger partial charge is 0.340 e. The van der Waals surface area contributed by atoms with Gasteiger partial charge in [-0.3, -0.25) is 9.36 Å². The van der Waals surface area contributed by atoms with Gasteiger partial charge < -0.3 is 10.2 Å². The quantitative estimate of drug-likeness (QED) is 0.646. The molecule has 0 amide bonds. The summed E-state index contributed by atoms with van der Waals surface area (Å²) in [4.78, 5) is 29.0. The topological polar surface area (TPSA) is 93.8 Å². The standard InChI is InChI=1S/C20H24N8O/c1-4-5-8-27-18-16(25-20(27)26-9-6-21-7-10-26)12-22-28(19(18)29)13-17-23-14(2)11-15(3)24-17/h11-12,21H,6-10,13H2,1-3H3. The first kappa shape index (κ1) is 19.1. The van der Waals surface area contributed by atoms with Crippen molar-refractivity contribution in [1.29, 1.82) is 0 Å². The van der Waals surface area contributed by atoms with Crippen LogP contribution in [0.5, 0.6) is 0 Å². The first-order chi connectivity index (χ1) is 14.1. The van der Waals surface area contributed by atoms with Crippen molar-refractivity contribution in [3.8, 4) is 11.8 Å². The molecule has 29 heavy (non-hydrogen) atoms. The van der Waals surface area contributed by atoms with Crippen molar-refractivity contribution in [2.75, 3.05) is 31.1 Å². The van der Waals surface area contributed by atoms with Gasteiger partial charge in [-0.2, -0.15) is 5.10 Å². The number of rotatable bonds is 4. The molecule has 3 aromatic heterocycles. The predicted molar refractivity (Wildman–Crippen MR) is 111 cm³/mol. The molecule has 4 heterocycles. The number of anilines is 1. The molecule has 0 saturated carbocycles. The zero-order valence-electron chi connectivity index (χ0n) is 16.9. The van der Waals surface area contributed by atoms with E-state index in [9.17, 15) is 4.79 Å². The van der Waals surface area contributed by atoms with E-state index < -0.39 is 0 Å². The highest BCUT2D eigenvalue weighted by Gasteiger charge is 2.21. The van der Waals surface area contributed by atoms with Gasteiger partial charge in [-0.05, 0) is 26.8 Å². The van der Waals surface area contributed by atoms with Crippen LogP contribution in [-0.4, -0.2) is 55.5 Å². The van der Waals surface area contributed by atoms with Crippen LogP contribution in [0.3, 0.4) is 0 Å². The summed E-state index contributed by atoms with van der Waals surface area (Å²) in [5.41, 5.74) is 2.62. The molecule has 0 radical (unpaired) electrons. The smallest absolute Gasteiger partial charge is 0.293 e. The molecule has 0 spiro atoms. The van der Waals surface area contributed by atoms with Gasteiger partial charge in [0.15, 0.2) is 0 Å². The average molecular weight is 392 g/mol. The Morgan fingerprint density at radius 3 is 2.55 bits per heavy atom. The van der Waals surface area contributed by atoms with E-state index in [1.165, 1.54) is 4.68 Å². The highest BCUT2D eigenvalue weighted by Crippen LogP contribution is 2.20. The van der Waals surface area contributed by atoms with Gasteiger partial charge in [0.1, 0.15) is 23.4 Å². The normalized spacial score (nSPS) is 14.1. The summed E-state index contributed by atoms with van der Waals surface area (Å²) in [6.45, 7) is 9.68. The van der Waals surface area contributed by atoms with Gasteiger partial charge in [0.25, 0.3) is 5.56 Å². The summed E-state index contributed by atoms with van der Waals surface area (Å²) in [5, 5.41) is 7.66. The van der Waals surface area contributed by atoms with Gasteiger partial charge in [0.05, 0.1) is 12.7 Å². The van der Waals surface area contributed by atoms with Crippen LogP contribution in [0.25, 0.3) is 11.0 Å². The Bertz CT molecular complexity index is 1140. The third kappa shape index (κ3) is 3.84. The Balaban J connectivity index is 1.81. The minimum Gasteiger partial charge on any atom is -0.340 e. The van der Waals surface area contributed by atoms with Crippen molar-refractivity contribution < 1.29 is 0 Å². The maximum absolute atomic E-state index is 13.3. The number of aryl methyl sites for hydroxylation is 2. The number of piperazine rings is 1. The highest BCUT2D eigenvalue weighted by molar-refractivity contribution is 5.77. The van der Waals surface area contributed by atoms with E-state index in [0.717, 1.165) is 43.5 Å². The Kier molecular flexibility index (Phi) is 5.27. The predicted octanol–water partition coefficient (Wildman–Crippen LogP) is 0.481. The molecule has 150 valence electrons. The fraction of sp³-hybridized carbons (Fsp3) is 0.450. The molecule has 9 heteroatoms. The van der Waals surface area contributed by atoms with Crippen LogP contribution in [0, 0.1) is 25.7 Å². The van der Waals surface area contributed by atoms with E-state index in [2.05, 4.69) is 37.1 Å². The number of hydrogen-bond acceptors (Lipinski definition) is 7. The monoisotopic (exact) mass is 392 g/mol. The average Bonchev–Trinajstić information content (AvgIpc) is 3.08. The minimum atomic E-state index is -0.211. The lowest BCUT2D eigenvalue weighted by Crippen LogP contribution is -2.44. The lowest BCUT2D eigenvalue weighted by molar-refractivity contribution is 0.572. The molecule has 0 atom stereocenters. The van der Waals surface area contributed by atoms with Crippen molar-refractivity contribution in [2.24, 2.45) is 0 Å². The molecule has 1 fully saturated rings. The Morgan fingerprint density at radius 1 is 1.14 bits per heavy atom. The first-order valence-corrected chi connectivity index (χ1v) is 9.69. The molecule has 1 saturated heterocycles. The van der Waals surface area contributed by atoms with Crippen LogP contribution < -0.4 is 15.8 Å². The molecule has 1 N–H and O–H groups in total. The maximum atomic E-state index is 13.3. The summed E-state index contributed by atoms with van der Waals surface area (Å²) in [7, 11) is 0. The lowest BCUT2D eigenvalue weighted by atomic mass is 10.3. The van der Waals surface area contributed by atoms with E-state index in [1.54, 1.807) is 13.1 Å². The third-order valence-corrected chi connectivity index (χ3v) is 4.86. The number of aromatic nitrogens is 6. The van der Waals surface area contributed by atoms with E-state index >= 15 is 0 Å². The van der Waals surface area contributed by atoms with Gasteiger partial charge in [-0.25, -0.2) is 19.6 Å². The second kappa shape index (κ2) is 8.01. The summed E-state index contributed by atoms with van der Waals surface area (Å²) >= 11 is 0. The maximum Gasteiger partial charge on any atom is 0.293 e. The van der Waals surface area contributed by atoms with Gasteiger partial charge in [-0.15, -0.1) is 5.92 Å². The summed E-state index contributed by atoms with van der Waals surface area (Å²) in [6.07, 6.45) is 1.64. The SMILES string of the molecule is CC#CCn1c(N2CCNCC2)nc2cnn(Cc3nc(C)cc(C)n3)c(=O)c21. The first-order valence-electron chi connectivity index (χ1n) is 9.69. The van der Waals surface area contributed by atoms with Crippen LogP contribution in [0.1, 0.15) is 24.1 Å². The minimum absolute atomic E-state index is 0.211. The van der Waals surface area contributed by atoms with E-state index in [-0.39, 0.29) is 12.1 Å². The fourth-order valence-electron chi connectivity index (χ4n) is 3.60. The Labute approximate surface area is 168 Å². The van der Waals surface area contributed by atoms with Gasteiger partial charge in [0.2, 0.25) is 5.95 Å². The second-order valence-electron chi connectivity index (χ2n) is 7.07. The van der Waals surface area contributed by atoms with Crippen LogP contribution in [0.2, 0.25) is 0 Å². The number of hydrogen-bond donors (Lipinski definition) is 1. The summed E-state index contributed by atoms with van der Waals surface area (Å²) in [5.74, 6) is 7.32. The molecule has 0 aliphatic carbocycles. The van der Waals surface area contributed by atoms with Crippen LogP contribution in [-0.2, 0) is 13.1 Å². The molecular weight excluding hydrogens is 368 g/mol. The van der Waals surface area contributed by atoms with Crippen molar-refractivity contribution in [3.05, 3.63) is 39.8 Å². The highest BCUT2D eigenvalue weighted by atomic mass is 16.1. The van der Waals surface area contributed by atoms with Gasteiger partial charge in [-0.1, -0.05) is 5.92 Å². The number of nitrogens with one attached hydrogen (secondary N) is 1. The van der Waals surface area contributed by atoms with Crippen molar-refractivity contribution in [1.82, 2.24) is 34.6 Å². The van der Waals surface area contributed by atoms with Crippen molar-refractivity contribution in [2.45, 2.75) is 33.9 Å². The number of imidazole rings is 1. The second-order valence-corrected chi connectivity index (χ2v) is 7.07. The molecule has 0 unspecified atom stereocenters. The van der Waals surface area contributed by atoms with Crippen LogP contribution in [0.15, 0.2) is 17.1 Å². The number of fused-ring (bicyclic) bond motifs is 1. The van der Waals surface area contributed by atoms with Gasteiger partial charge >= 0.3 is 0 Å². The van der Waals surface area contributed by atoms with Crippen LogP contribution in [0.4, 0.5) is 5.95 Å². The summed E-state index contributed by atoms with van der Waals surface area (Å²) in [6, 6.07) is 1.90. The molecule has 4 rings (SSSR count). The zero-order chi connectivity index (χ0) is 20.4. The molecule has 1 aliphatic rings. The van der Waals surface area contributed by atoms with E-state index in [0.29, 0.717) is 23.4 Å². The molecule has 1 aliphatic heterocycles. The molecule has 0 aromatic carbocycles. The Hall–Kier alpha value is -3.25. The van der Waals surface area contributed by atoms with Crippen LogP contribution >= 0.6 is 0 Å². The molecule has 3 aromatic rings. The zero-order valence-corrected chi connectivity index (χ0v) is 16.9. The lowest BCUT2D eigenvalue weighted by Gasteiger charge is -2.28. The Morgan fingerprint density at radius 2 is 1.86 bits per heavy atom. The van der Waals surface area contributed by atoms with Crippen molar-refractivity contribution >= 4 is 17.0 Å². The van der Waals surface area contributed by atoms with Gasteiger partial charge in [0, 0.05) is 37.6 Å². The number of nitrogens with zero attached hydrogens (tertiary/aromatic N) is 7. The van der Waals surface area contributed by atoms with Crippen molar-refractivity contribution in [3.63, 3.8) is 0 Å². The molecule has 9 nitrogen and oxygen atoms in total.